The Morgan fingerprint density at radius 3 is 2.71 bits per heavy atom. The topological polar surface area (TPSA) is 41.1 Å². The van der Waals surface area contributed by atoms with Crippen molar-refractivity contribution in [3.8, 4) is 0 Å². The fourth-order valence-electron chi connectivity index (χ4n) is 3.40. The van der Waals surface area contributed by atoms with E-state index in [9.17, 15) is 4.79 Å². The Morgan fingerprint density at radius 2 is 2.00 bits per heavy atom. The lowest BCUT2D eigenvalue weighted by molar-refractivity contribution is -0.117. The third kappa shape index (κ3) is 5.58. The Hall–Kier alpha value is -0.360. The molecule has 3 rings (SSSR count). The number of carbonyl (C=O) groups excluding carboxylic acids is 1. The number of hydrogen-bond acceptors (Lipinski definition) is 4. The molecule has 0 spiro atoms. The van der Waals surface area contributed by atoms with Gasteiger partial charge in [-0.15, -0.1) is 35.9 Å². The third-order valence-corrected chi connectivity index (χ3v) is 7.86. The predicted molar refractivity (Wildman–Crippen MR) is 109 cm³/mol. The normalized spacial score (nSPS) is 20.4. The van der Waals surface area contributed by atoms with E-state index in [0.29, 0.717) is 22.8 Å². The molecule has 1 amide bonds. The average molecular weight is 387 g/mol. The first-order chi connectivity index (χ1) is 11.2. The lowest BCUT2D eigenvalue weighted by Gasteiger charge is -2.27. The lowest BCUT2D eigenvalue weighted by atomic mass is 9.84. The molecule has 0 aliphatic carbocycles. The van der Waals surface area contributed by atoms with Crippen molar-refractivity contribution >= 4 is 47.5 Å². The van der Waals surface area contributed by atoms with Crippen molar-refractivity contribution in [2.24, 2.45) is 11.8 Å². The molecule has 0 radical (unpaired) electrons. The van der Waals surface area contributed by atoms with E-state index in [1.54, 1.807) is 0 Å². The Kier molecular flexibility index (Phi) is 8.28. The molecule has 1 aromatic rings. The first-order valence-electron chi connectivity index (χ1n) is 8.56. The molecule has 1 unspecified atom stereocenters. The van der Waals surface area contributed by atoms with Crippen LogP contribution in [0.2, 0.25) is 0 Å². The van der Waals surface area contributed by atoms with Crippen LogP contribution in [0.15, 0.2) is 24.3 Å². The summed E-state index contributed by atoms with van der Waals surface area (Å²) in [5.74, 6) is 3.74. The van der Waals surface area contributed by atoms with Crippen LogP contribution in [-0.2, 0) is 4.79 Å². The molecule has 6 heteroatoms. The van der Waals surface area contributed by atoms with Crippen LogP contribution in [0.4, 0.5) is 5.69 Å². The quantitative estimate of drug-likeness (QED) is 0.778. The molecule has 2 saturated heterocycles. The Balaban J connectivity index is 0.00000208. The van der Waals surface area contributed by atoms with Crippen molar-refractivity contribution < 1.29 is 4.79 Å². The molecule has 0 saturated carbocycles. The van der Waals surface area contributed by atoms with Crippen LogP contribution < -0.4 is 10.6 Å². The van der Waals surface area contributed by atoms with E-state index in [1.165, 1.54) is 29.9 Å². The summed E-state index contributed by atoms with van der Waals surface area (Å²) in [6.07, 6.45) is 3.02. The van der Waals surface area contributed by atoms with E-state index in [-0.39, 0.29) is 18.3 Å². The summed E-state index contributed by atoms with van der Waals surface area (Å²) in [5, 5.41) is 6.49. The van der Waals surface area contributed by atoms with E-state index in [4.69, 9.17) is 0 Å². The second kappa shape index (κ2) is 9.95. The molecular formula is C18H27ClN2OS2. The second-order valence-electron chi connectivity index (χ2n) is 6.52. The van der Waals surface area contributed by atoms with Crippen LogP contribution in [0.1, 0.15) is 36.3 Å². The molecule has 2 fully saturated rings. The number of nitrogens with one attached hydrogen (secondary N) is 2. The number of halogens is 1. The average Bonchev–Trinajstić information content (AvgIpc) is 3.10. The standard InChI is InChI=1S/C18H26N2OS2.ClH/c1-13(14-5-7-19-8-6-14)11-17(21)20-16-4-2-3-15(12-16)18-22-9-10-23-18;/h2-4,12-14,18-19H,5-11H2,1H3,(H,20,21);1H. The van der Waals surface area contributed by atoms with E-state index >= 15 is 0 Å². The SMILES string of the molecule is CC(CC(=O)Nc1cccc(C2SCCS2)c1)C1CCNCC1.Cl. The highest BCUT2D eigenvalue weighted by atomic mass is 35.5. The number of anilines is 1. The first-order valence-corrected chi connectivity index (χ1v) is 10.7. The van der Waals surface area contributed by atoms with Gasteiger partial charge in [-0.05, 0) is 55.5 Å². The van der Waals surface area contributed by atoms with Gasteiger partial charge in [-0.1, -0.05) is 19.1 Å². The molecule has 0 aromatic heterocycles. The van der Waals surface area contributed by atoms with E-state index in [0.717, 1.165) is 18.8 Å². The Labute approximate surface area is 159 Å². The lowest BCUT2D eigenvalue weighted by Crippen LogP contribution is -2.32. The number of hydrogen-bond donors (Lipinski definition) is 2. The summed E-state index contributed by atoms with van der Waals surface area (Å²) >= 11 is 3.99. The van der Waals surface area contributed by atoms with E-state index in [2.05, 4.69) is 35.8 Å². The van der Waals surface area contributed by atoms with Gasteiger partial charge in [0.1, 0.15) is 0 Å². The summed E-state index contributed by atoms with van der Waals surface area (Å²) in [7, 11) is 0. The van der Waals surface area contributed by atoms with Crippen molar-refractivity contribution in [1.82, 2.24) is 5.32 Å². The first kappa shape index (κ1) is 20.0. The summed E-state index contributed by atoms with van der Waals surface area (Å²) in [4.78, 5) is 12.4. The van der Waals surface area contributed by atoms with Gasteiger partial charge in [0, 0.05) is 23.6 Å². The summed E-state index contributed by atoms with van der Waals surface area (Å²) in [5.41, 5.74) is 2.26. The highest BCUT2D eigenvalue weighted by molar-refractivity contribution is 8.19. The zero-order valence-corrected chi connectivity index (χ0v) is 16.6. The monoisotopic (exact) mass is 386 g/mol. The van der Waals surface area contributed by atoms with Crippen molar-refractivity contribution in [2.45, 2.75) is 30.8 Å². The Bertz CT molecular complexity index is 532. The minimum absolute atomic E-state index is 0. The molecule has 134 valence electrons. The summed E-state index contributed by atoms with van der Waals surface area (Å²) < 4.78 is 0.528. The summed E-state index contributed by atoms with van der Waals surface area (Å²) in [6.45, 7) is 4.41. The van der Waals surface area contributed by atoms with Crippen LogP contribution in [0.5, 0.6) is 0 Å². The third-order valence-electron chi connectivity index (χ3n) is 4.76. The highest BCUT2D eigenvalue weighted by Gasteiger charge is 2.22. The molecule has 3 nitrogen and oxygen atoms in total. The van der Waals surface area contributed by atoms with Crippen molar-refractivity contribution in [3.05, 3.63) is 29.8 Å². The number of thioether (sulfide) groups is 2. The Morgan fingerprint density at radius 1 is 1.29 bits per heavy atom. The van der Waals surface area contributed by atoms with Crippen molar-refractivity contribution in [2.75, 3.05) is 29.9 Å². The van der Waals surface area contributed by atoms with Crippen LogP contribution in [0, 0.1) is 11.8 Å². The maximum atomic E-state index is 12.4. The van der Waals surface area contributed by atoms with Gasteiger partial charge < -0.3 is 10.6 Å². The largest absolute Gasteiger partial charge is 0.326 e. The van der Waals surface area contributed by atoms with Gasteiger partial charge in [0.15, 0.2) is 0 Å². The van der Waals surface area contributed by atoms with Gasteiger partial charge in [0.25, 0.3) is 0 Å². The van der Waals surface area contributed by atoms with Crippen LogP contribution >= 0.6 is 35.9 Å². The molecule has 2 heterocycles. The van der Waals surface area contributed by atoms with Gasteiger partial charge in [-0.2, -0.15) is 0 Å². The molecule has 24 heavy (non-hydrogen) atoms. The molecule has 1 aromatic carbocycles. The van der Waals surface area contributed by atoms with Crippen molar-refractivity contribution in [1.29, 1.82) is 0 Å². The maximum absolute atomic E-state index is 12.4. The molecular weight excluding hydrogens is 360 g/mol. The van der Waals surface area contributed by atoms with Gasteiger partial charge in [0.2, 0.25) is 5.91 Å². The van der Waals surface area contributed by atoms with Crippen LogP contribution in [0.3, 0.4) is 0 Å². The number of benzene rings is 1. The minimum atomic E-state index is 0. The minimum Gasteiger partial charge on any atom is -0.326 e. The molecule has 0 bridgehead atoms. The number of piperidine rings is 1. The molecule has 2 aliphatic heterocycles. The zero-order valence-electron chi connectivity index (χ0n) is 14.1. The maximum Gasteiger partial charge on any atom is 0.224 e. The predicted octanol–water partition coefficient (Wildman–Crippen LogP) is 4.55. The van der Waals surface area contributed by atoms with Crippen LogP contribution in [-0.4, -0.2) is 30.5 Å². The summed E-state index contributed by atoms with van der Waals surface area (Å²) in [6, 6.07) is 8.37. The van der Waals surface area contributed by atoms with Gasteiger partial charge in [-0.3, -0.25) is 4.79 Å². The fraction of sp³-hybridized carbons (Fsp3) is 0.611. The van der Waals surface area contributed by atoms with Crippen molar-refractivity contribution in [3.63, 3.8) is 0 Å². The van der Waals surface area contributed by atoms with E-state index in [1.807, 2.05) is 29.6 Å². The second-order valence-corrected chi connectivity index (χ2v) is 9.24. The van der Waals surface area contributed by atoms with Gasteiger partial charge >= 0.3 is 0 Å². The zero-order chi connectivity index (χ0) is 16.1. The van der Waals surface area contributed by atoms with Gasteiger partial charge in [0.05, 0.1) is 4.58 Å². The molecule has 1 atom stereocenters. The number of amides is 1. The number of carbonyl (C=O) groups is 1. The highest BCUT2D eigenvalue weighted by Crippen LogP contribution is 2.45. The number of rotatable bonds is 5. The smallest absolute Gasteiger partial charge is 0.224 e. The van der Waals surface area contributed by atoms with Gasteiger partial charge in [-0.25, -0.2) is 0 Å². The molecule has 2 N–H and O–H groups in total. The van der Waals surface area contributed by atoms with E-state index < -0.39 is 0 Å². The van der Waals surface area contributed by atoms with Crippen LogP contribution in [0.25, 0.3) is 0 Å². The fourth-order valence-corrected chi connectivity index (χ4v) is 6.24. The molecule has 2 aliphatic rings.